The fourth-order valence-electron chi connectivity index (χ4n) is 3.13. The van der Waals surface area contributed by atoms with E-state index >= 15 is 0 Å². The van der Waals surface area contributed by atoms with E-state index in [0.29, 0.717) is 18.1 Å². The first-order valence-corrected chi connectivity index (χ1v) is 9.62. The lowest BCUT2D eigenvalue weighted by Crippen LogP contribution is -2.42. The SMILES string of the molecule is CCCOc1ccc2ccccc2c1/C=N\NC(=O)[C@@H]1COc2ccccc2O1. The summed E-state index contributed by atoms with van der Waals surface area (Å²) < 4.78 is 17.2. The highest BCUT2D eigenvalue weighted by Gasteiger charge is 2.27. The highest BCUT2D eigenvalue weighted by molar-refractivity contribution is 6.02. The number of hydrogen-bond acceptors (Lipinski definition) is 5. The predicted molar refractivity (Wildman–Crippen MR) is 112 cm³/mol. The molecule has 6 nitrogen and oxygen atoms in total. The van der Waals surface area contributed by atoms with E-state index in [4.69, 9.17) is 14.2 Å². The maximum Gasteiger partial charge on any atom is 0.284 e. The number of fused-ring (bicyclic) bond motifs is 2. The smallest absolute Gasteiger partial charge is 0.284 e. The Balaban J connectivity index is 1.50. The maximum absolute atomic E-state index is 12.5. The number of nitrogens with one attached hydrogen (secondary N) is 1. The highest BCUT2D eigenvalue weighted by atomic mass is 16.6. The Labute approximate surface area is 169 Å². The molecule has 29 heavy (non-hydrogen) atoms. The predicted octanol–water partition coefficient (Wildman–Crippen LogP) is 3.92. The molecule has 0 spiro atoms. The number of benzene rings is 3. The second-order valence-corrected chi connectivity index (χ2v) is 6.65. The zero-order chi connectivity index (χ0) is 20.1. The molecule has 4 rings (SSSR count). The van der Waals surface area contributed by atoms with Crippen molar-refractivity contribution >= 4 is 22.9 Å². The van der Waals surface area contributed by atoms with Gasteiger partial charge in [-0.15, -0.1) is 0 Å². The molecule has 1 aliphatic heterocycles. The number of nitrogens with zero attached hydrogens (tertiary/aromatic N) is 1. The van der Waals surface area contributed by atoms with Crippen molar-refractivity contribution in [3.63, 3.8) is 0 Å². The van der Waals surface area contributed by atoms with Crippen molar-refractivity contribution in [3.8, 4) is 17.2 Å². The van der Waals surface area contributed by atoms with E-state index in [0.717, 1.165) is 28.5 Å². The van der Waals surface area contributed by atoms with Crippen molar-refractivity contribution in [2.24, 2.45) is 5.10 Å². The standard InChI is InChI=1S/C23H22N2O4/c1-2-13-27-19-12-11-16-7-3-4-8-17(16)18(19)14-24-25-23(26)22-15-28-20-9-5-6-10-21(20)29-22/h3-12,14,22H,2,13,15H2,1H3,(H,25,26)/b24-14-/t22-/m0/s1. The summed E-state index contributed by atoms with van der Waals surface area (Å²) in [5.74, 6) is 1.54. The number of rotatable bonds is 6. The monoisotopic (exact) mass is 390 g/mol. The first-order chi connectivity index (χ1) is 14.3. The molecule has 1 atom stereocenters. The number of carbonyl (C=O) groups excluding carboxylic acids is 1. The van der Waals surface area contributed by atoms with E-state index in [1.54, 1.807) is 18.3 Å². The van der Waals surface area contributed by atoms with Crippen LogP contribution in [0.3, 0.4) is 0 Å². The normalized spacial score (nSPS) is 15.4. The lowest BCUT2D eigenvalue weighted by molar-refractivity contribution is -0.130. The number of ether oxygens (including phenoxy) is 3. The Bertz CT molecular complexity index is 1050. The van der Waals surface area contributed by atoms with Crippen molar-refractivity contribution in [2.75, 3.05) is 13.2 Å². The van der Waals surface area contributed by atoms with Crippen LogP contribution in [0.25, 0.3) is 10.8 Å². The third-order valence-electron chi connectivity index (χ3n) is 4.56. The first-order valence-electron chi connectivity index (χ1n) is 9.62. The summed E-state index contributed by atoms with van der Waals surface area (Å²) in [5, 5.41) is 6.23. The molecule has 0 aromatic heterocycles. The molecule has 0 bridgehead atoms. The largest absolute Gasteiger partial charge is 0.493 e. The molecule has 3 aromatic rings. The van der Waals surface area contributed by atoms with Crippen molar-refractivity contribution in [2.45, 2.75) is 19.4 Å². The van der Waals surface area contributed by atoms with Gasteiger partial charge in [0, 0.05) is 5.56 Å². The van der Waals surface area contributed by atoms with Gasteiger partial charge in [-0.05, 0) is 35.4 Å². The van der Waals surface area contributed by atoms with Crippen LogP contribution < -0.4 is 19.6 Å². The fourth-order valence-corrected chi connectivity index (χ4v) is 3.13. The molecule has 148 valence electrons. The maximum atomic E-state index is 12.5. The van der Waals surface area contributed by atoms with Gasteiger partial charge in [-0.1, -0.05) is 49.4 Å². The van der Waals surface area contributed by atoms with Gasteiger partial charge in [-0.3, -0.25) is 4.79 Å². The minimum Gasteiger partial charge on any atom is -0.493 e. The van der Waals surface area contributed by atoms with Crippen LogP contribution in [-0.4, -0.2) is 31.4 Å². The molecule has 0 saturated heterocycles. The summed E-state index contributed by atoms with van der Waals surface area (Å²) in [6, 6.07) is 19.2. The molecule has 1 aliphatic rings. The second kappa shape index (κ2) is 8.65. The molecule has 6 heteroatoms. The van der Waals surface area contributed by atoms with Crippen LogP contribution in [0.15, 0.2) is 65.8 Å². The van der Waals surface area contributed by atoms with Crippen LogP contribution in [0.2, 0.25) is 0 Å². The molecule has 3 aromatic carbocycles. The zero-order valence-electron chi connectivity index (χ0n) is 16.1. The Kier molecular flexibility index (Phi) is 5.61. The van der Waals surface area contributed by atoms with E-state index in [1.165, 1.54) is 0 Å². The molecular weight excluding hydrogens is 368 g/mol. The van der Waals surface area contributed by atoms with Crippen LogP contribution >= 0.6 is 0 Å². The molecule has 1 N–H and O–H groups in total. The second-order valence-electron chi connectivity index (χ2n) is 6.65. The van der Waals surface area contributed by atoms with Gasteiger partial charge in [0.05, 0.1) is 12.8 Å². The third-order valence-corrected chi connectivity index (χ3v) is 4.56. The minimum absolute atomic E-state index is 0.136. The van der Waals surface area contributed by atoms with Crippen molar-refractivity contribution in [1.29, 1.82) is 0 Å². The molecule has 0 radical (unpaired) electrons. The molecular formula is C23H22N2O4. The summed E-state index contributed by atoms with van der Waals surface area (Å²) >= 11 is 0. The molecule has 0 aliphatic carbocycles. The van der Waals surface area contributed by atoms with Gasteiger partial charge in [-0.2, -0.15) is 5.10 Å². The summed E-state index contributed by atoms with van der Waals surface area (Å²) in [6.45, 7) is 2.80. The molecule has 0 unspecified atom stereocenters. The molecule has 1 heterocycles. The zero-order valence-corrected chi connectivity index (χ0v) is 16.1. The number of carbonyl (C=O) groups is 1. The Morgan fingerprint density at radius 2 is 1.93 bits per heavy atom. The quantitative estimate of drug-likeness (QED) is 0.512. The molecule has 1 amide bonds. The van der Waals surface area contributed by atoms with Gasteiger partial charge in [0.2, 0.25) is 6.10 Å². The van der Waals surface area contributed by atoms with Gasteiger partial charge in [-0.25, -0.2) is 5.43 Å². The van der Waals surface area contributed by atoms with Gasteiger partial charge < -0.3 is 14.2 Å². The molecule has 0 fully saturated rings. The van der Waals surface area contributed by atoms with Crippen LogP contribution in [0.5, 0.6) is 17.2 Å². The summed E-state index contributed by atoms with van der Waals surface area (Å²) in [4.78, 5) is 12.5. The van der Waals surface area contributed by atoms with Crippen LogP contribution in [0.1, 0.15) is 18.9 Å². The van der Waals surface area contributed by atoms with E-state index in [1.807, 2.05) is 48.5 Å². The van der Waals surface area contributed by atoms with Gasteiger partial charge in [0.25, 0.3) is 5.91 Å². The van der Waals surface area contributed by atoms with Crippen LogP contribution in [-0.2, 0) is 4.79 Å². The number of hydrogen-bond donors (Lipinski definition) is 1. The number of amides is 1. The summed E-state index contributed by atoms with van der Waals surface area (Å²) in [5.41, 5.74) is 3.37. The van der Waals surface area contributed by atoms with Gasteiger partial charge >= 0.3 is 0 Å². The van der Waals surface area contributed by atoms with Crippen LogP contribution in [0, 0.1) is 0 Å². The van der Waals surface area contributed by atoms with E-state index < -0.39 is 6.10 Å². The number of hydrazone groups is 1. The van der Waals surface area contributed by atoms with E-state index in [-0.39, 0.29) is 12.5 Å². The highest BCUT2D eigenvalue weighted by Crippen LogP contribution is 2.31. The summed E-state index contributed by atoms with van der Waals surface area (Å²) in [6.07, 6.45) is 1.76. The topological polar surface area (TPSA) is 69.2 Å². The Morgan fingerprint density at radius 3 is 2.79 bits per heavy atom. The lowest BCUT2D eigenvalue weighted by atomic mass is 10.0. The van der Waals surface area contributed by atoms with E-state index in [2.05, 4.69) is 17.5 Å². The average Bonchev–Trinajstić information content (AvgIpc) is 2.77. The Morgan fingerprint density at radius 1 is 1.14 bits per heavy atom. The summed E-state index contributed by atoms with van der Waals surface area (Å²) in [7, 11) is 0. The Hall–Kier alpha value is -3.54. The fraction of sp³-hybridized carbons (Fsp3) is 0.217. The lowest BCUT2D eigenvalue weighted by Gasteiger charge is -2.24. The van der Waals surface area contributed by atoms with Crippen LogP contribution in [0.4, 0.5) is 0 Å². The van der Waals surface area contributed by atoms with Crippen molar-refractivity contribution in [1.82, 2.24) is 5.43 Å². The van der Waals surface area contributed by atoms with E-state index in [9.17, 15) is 4.79 Å². The number of para-hydroxylation sites is 2. The van der Waals surface area contributed by atoms with Gasteiger partial charge in [0.15, 0.2) is 11.5 Å². The molecule has 0 saturated carbocycles. The third kappa shape index (κ3) is 4.16. The van der Waals surface area contributed by atoms with Gasteiger partial charge in [0.1, 0.15) is 12.4 Å². The first kappa shape index (κ1) is 18.8. The average molecular weight is 390 g/mol. The van der Waals surface area contributed by atoms with Crippen molar-refractivity contribution in [3.05, 3.63) is 66.2 Å². The minimum atomic E-state index is -0.759. The van der Waals surface area contributed by atoms with Crippen molar-refractivity contribution < 1.29 is 19.0 Å².